The van der Waals surface area contributed by atoms with Crippen molar-refractivity contribution in [1.82, 2.24) is 0 Å². The first-order chi connectivity index (χ1) is 17.3. The van der Waals surface area contributed by atoms with Gasteiger partial charge in [-0.15, -0.1) is 0 Å². The van der Waals surface area contributed by atoms with Crippen molar-refractivity contribution in [2.45, 2.75) is 104 Å². The van der Waals surface area contributed by atoms with E-state index in [0.717, 1.165) is 36.8 Å². The van der Waals surface area contributed by atoms with E-state index in [1.54, 1.807) is 0 Å². The molecule has 0 amide bonds. The molecule has 0 aliphatic heterocycles. The quantitative estimate of drug-likeness (QED) is 0.125. The van der Waals surface area contributed by atoms with Crippen molar-refractivity contribution < 1.29 is 23.7 Å². The van der Waals surface area contributed by atoms with E-state index in [4.69, 9.17) is 23.7 Å². The molecule has 0 saturated heterocycles. The fraction of sp³-hybridized carbons (Fsp3) is 0.600. The molecule has 0 aliphatic rings. The van der Waals surface area contributed by atoms with Crippen LogP contribution in [0.4, 0.5) is 0 Å². The topological polar surface area (TPSA) is 46.2 Å². The monoisotopic (exact) mass is 486 g/mol. The van der Waals surface area contributed by atoms with Gasteiger partial charge in [0.05, 0.1) is 26.4 Å². The highest BCUT2D eigenvalue weighted by Gasteiger charge is 2.20. The van der Waals surface area contributed by atoms with Crippen LogP contribution in [-0.2, 0) is 36.9 Å². The van der Waals surface area contributed by atoms with Crippen LogP contribution in [0.2, 0.25) is 0 Å². The summed E-state index contributed by atoms with van der Waals surface area (Å²) in [5, 5.41) is 0. The van der Waals surface area contributed by atoms with Gasteiger partial charge >= 0.3 is 0 Å². The number of unbranched alkanes of at least 4 members (excludes halogenated alkanes) is 8. The molecule has 2 unspecified atom stereocenters. The molecule has 2 aromatic carbocycles. The van der Waals surface area contributed by atoms with Crippen LogP contribution in [0.25, 0.3) is 0 Å². The fourth-order valence-electron chi connectivity index (χ4n) is 3.59. The lowest BCUT2D eigenvalue weighted by atomic mass is 10.2. The number of benzene rings is 2. The average Bonchev–Trinajstić information content (AvgIpc) is 2.90. The number of hydrogen-bond donors (Lipinski definition) is 0. The second-order valence-electron chi connectivity index (χ2n) is 8.88. The molecular formula is C30H46O5. The maximum absolute atomic E-state index is 6.06. The molecule has 0 heterocycles. The van der Waals surface area contributed by atoms with Gasteiger partial charge in [-0.25, -0.2) is 0 Å². The summed E-state index contributed by atoms with van der Waals surface area (Å²) < 4.78 is 30.0. The van der Waals surface area contributed by atoms with Gasteiger partial charge in [-0.2, -0.15) is 0 Å². The largest absolute Gasteiger partial charge is 0.330 e. The minimum Gasteiger partial charge on any atom is -0.330 e. The van der Waals surface area contributed by atoms with E-state index in [9.17, 15) is 0 Å². The highest BCUT2D eigenvalue weighted by molar-refractivity contribution is 5.14. The second-order valence-corrected chi connectivity index (χ2v) is 8.88. The fourth-order valence-corrected chi connectivity index (χ4v) is 3.59. The Balaban J connectivity index is 1.90. The first-order valence-corrected chi connectivity index (χ1v) is 13.5. The smallest absolute Gasteiger partial charge is 0.275 e. The maximum atomic E-state index is 6.06. The lowest BCUT2D eigenvalue weighted by molar-refractivity contribution is -0.403. The van der Waals surface area contributed by atoms with Crippen LogP contribution < -0.4 is 0 Å². The van der Waals surface area contributed by atoms with Gasteiger partial charge in [-0.05, 0) is 24.0 Å². The van der Waals surface area contributed by atoms with Crippen LogP contribution in [0.1, 0.15) is 89.2 Å². The Bertz CT molecular complexity index is 648. The summed E-state index contributed by atoms with van der Waals surface area (Å²) >= 11 is 0. The Morgan fingerprint density at radius 1 is 0.486 bits per heavy atom. The van der Waals surface area contributed by atoms with Crippen molar-refractivity contribution in [3.05, 3.63) is 71.8 Å². The zero-order chi connectivity index (χ0) is 24.8. The molecule has 2 atom stereocenters. The van der Waals surface area contributed by atoms with Gasteiger partial charge in [0.15, 0.2) is 0 Å². The third-order valence-corrected chi connectivity index (χ3v) is 5.68. The number of ether oxygens (including phenoxy) is 5. The minimum atomic E-state index is -0.859. The zero-order valence-corrected chi connectivity index (χ0v) is 21.9. The average molecular weight is 487 g/mol. The van der Waals surface area contributed by atoms with Crippen molar-refractivity contribution in [3.8, 4) is 0 Å². The van der Waals surface area contributed by atoms with Gasteiger partial charge in [0.25, 0.3) is 13.0 Å². The number of rotatable bonds is 22. The molecule has 0 radical (unpaired) electrons. The Hall–Kier alpha value is -1.76. The van der Waals surface area contributed by atoms with Crippen molar-refractivity contribution in [1.29, 1.82) is 0 Å². The Kier molecular flexibility index (Phi) is 17.2. The van der Waals surface area contributed by atoms with E-state index < -0.39 is 13.0 Å². The van der Waals surface area contributed by atoms with Crippen LogP contribution in [0.5, 0.6) is 0 Å². The van der Waals surface area contributed by atoms with Crippen molar-refractivity contribution in [2.75, 3.05) is 13.2 Å². The molecular weight excluding hydrogens is 440 g/mol. The summed E-state index contributed by atoms with van der Waals surface area (Å²) in [7, 11) is 0. The predicted octanol–water partition coefficient (Wildman–Crippen LogP) is 7.98. The van der Waals surface area contributed by atoms with E-state index in [0.29, 0.717) is 26.4 Å². The molecule has 0 aromatic heterocycles. The standard InChI is InChI=1S/C30H46O5/c1-3-5-7-9-17-23-31-29(33-25-27-19-13-11-14-20-27)35-30(32-24-18-10-8-6-4-2)34-26-28-21-15-12-16-22-28/h11-16,19-22,29-30H,3-10,17-18,23-26H2,1-2H3. The molecule has 0 N–H and O–H groups in total. The second kappa shape index (κ2) is 20.4. The van der Waals surface area contributed by atoms with Gasteiger partial charge in [-0.1, -0.05) is 126 Å². The summed E-state index contributed by atoms with van der Waals surface area (Å²) in [5.74, 6) is 0. The highest BCUT2D eigenvalue weighted by atomic mass is 16.9. The molecule has 35 heavy (non-hydrogen) atoms. The van der Waals surface area contributed by atoms with Crippen molar-refractivity contribution in [2.24, 2.45) is 0 Å². The first-order valence-electron chi connectivity index (χ1n) is 13.5. The lowest BCUT2D eigenvalue weighted by Crippen LogP contribution is -2.31. The van der Waals surface area contributed by atoms with E-state index in [1.807, 2.05) is 60.7 Å². The van der Waals surface area contributed by atoms with E-state index in [2.05, 4.69) is 13.8 Å². The third kappa shape index (κ3) is 15.1. The van der Waals surface area contributed by atoms with Gasteiger partial charge in [-0.3, -0.25) is 4.74 Å². The summed E-state index contributed by atoms with van der Waals surface area (Å²) in [4.78, 5) is 0. The van der Waals surface area contributed by atoms with Crippen molar-refractivity contribution in [3.63, 3.8) is 0 Å². The Morgan fingerprint density at radius 2 is 0.886 bits per heavy atom. The predicted molar refractivity (Wildman–Crippen MR) is 141 cm³/mol. The molecule has 5 heteroatoms. The van der Waals surface area contributed by atoms with E-state index in [1.165, 1.54) is 38.5 Å². The van der Waals surface area contributed by atoms with E-state index >= 15 is 0 Å². The first kappa shape index (κ1) is 29.5. The molecule has 0 aliphatic carbocycles. The lowest BCUT2D eigenvalue weighted by Gasteiger charge is -2.25. The van der Waals surface area contributed by atoms with Gasteiger partial charge in [0.1, 0.15) is 0 Å². The highest BCUT2D eigenvalue weighted by Crippen LogP contribution is 2.14. The molecule has 5 nitrogen and oxygen atoms in total. The Labute approximate surface area is 213 Å². The molecule has 0 bridgehead atoms. The SMILES string of the molecule is CCCCCCCOC(OCc1ccccc1)OC(OCCCCCCC)OCc1ccccc1. The third-order valence-electron chi connectivity index (χ3n) is 5.68. The molecule has 0 spiro atoms. The molecule has 2 aromatic rings. The van der Waals surface area contributed by atoms with Crippen LogP contribution in [0.15, 0.2) is 60.7 Å². The van der Waals surface area contributed by atoms with Crippen LogP contribution in [-0.4, -0.2) is 26.2 Å². The van der Waals surface area contributed by atoms with Crippen LogP contribution in [0.3, 0.4) is 0 Å². The minimum absolute atomic E-state index is 0.393. The summed E-state index contributed by atoms with van der Waals surface area (Å²) in [5.41, 5.74) is 2.12. The van der Waals surface area contributed by atoms with Crippen LogP contribution >= 0.6 is 0 Å². The zero-order valence-electron chi connectivity index (χ0n) is 21.9. The van der Waals surface area contributed by atoms with E-state index in [-0.39, 0.29) is 0 Å². The van der Waals surface area contributed by atoms with Gasteiger partial charge in [0.2, 0.25) is 0 Å². The molecule has 2 rings (SSSR count). The summed E-state index contributed by atoms with van der Waals surface area (Å²) in [6, 6.07) is 20.1. The summed E-state index contributed by atoms with van der Waals surface area (Å²) in [6.07, 6.45) is 11.6. The van der Waals surface area contributed by atoms with Crippen molar-refractivity contribution >= 4 is 0 Å². The molecule has 196 valence electrons. The van der Waals surface area contributed by atoms with Crippen LogP contribution in [0, 0.1) is 0 Å². The maximum Gasteiger partial charge on any atom is 0.275 e. The summed E-state index contributed by atoms with van der Waals surface area (Å²) in [6.45, 7) is 4.66. The normalized spacial score (nSPS) is 13.1. The van der Waals surface area contributed by atoms with Gasteiger partial charge < -0.3 is 18.9 Å². The Morgan fingerprint density at radius 3 is 1.29 bits per heavy atom. The molecule has 0 fully saturated rings. The number of hydrogen-bond acceptors (Lipinski definition) is 5. The molecule has 0 saturated carbocycles. The van der Waals surface area contributed by atoms with Gasteiger partial charge in [0, 0.05) is 0 Å².